The van der Waals surface area contributed by atoms with Gasteiger partial charge in [-0.05, 0) is 42.8 Å². The van der Waals surface area contributed by atoms with Gasteiger partial charge in [0.1, 0.15) is 11.6 Å². The van der Waals surface area contributed by atoms with Gasteiger partial charge in [0.15, 0.2) is 23.3 Å². The van der Waals surface area contributed by atoms with Crippen molar-refractivity contribution in [1.82, 2.24) is 19.5 Å². The number of methoxy groups -OCH3 is 2. The van der Waals surface area contributed by atoms with Gasteiger partial charge < -0.3 is 23.5 Å². The first-order valence-electron chi connectivity index (χ1n) is 9.96. The first kappa shape index (κ1) is 19.2. The molecule has 0 radical (unpaired) electrons. The first-order valence-corrected chi connectivity index (χ1v) is 9.96. The molecule has 0 amide bonds. The average Bonchev–Trinajstić information content (AvgIpc) is 3.21. The third-order valence-corrected chi connectivity index (χ3v) is 5.31. The van der Waals surface area contributed by atoms with Gasteiger partial charge >= 0.3 is 0 Å². The monoisotopic (exact) mass is 418 g/mol. The zero-order valence-corrected chi connectivity index (χ0v) is 17.5. The van der Waals surface area contributed by atoms with E-state index in [1.807, 2.05) is 47.9 Å². The molecule has 4 heterocycles. The number of hydrogen-bond donors (Lipinski definition) is 0. The molecular formula is C23H22N4O4. The van der Waals surface area contributed by atoms with Gasteiger partial charge in [0, 0.05) is 24.0 Å². The highest BCUT2D eigenvalue weighted by atomic mass is 16.6. The van der Waals surface area contributed by atoms with Gasteiger partial charge in [0.25, 0.3) is 0 Å². The zero-order valence-electron chi connectivity index (χ0n) is 17.5. The fraction of sp³-hybridized carbons (Fsp3) is 0.261. The van der Waals surface area contributed by atoms with Crippen LogP contribution < -0.4 is 18.9 Å². The molecule has 158 valence electrons. The number of rotatable bonds is 5. The van der Waals surface area contributed by atoms with Gasteiger partial charge in [-0.15, -0.1) is 0 Å². The smallest absolute Gasteiger partial charge is 0.212 e. The minimum atomic E-state index is -0.313. The van der Waals surface area contributed by atoms with Crippen LogP contribution in [0.1, 0.15) is 24.2 Å². The lowest BCUT2D eigenvalue weighted by Gasteiger charge is -2.33. The lowest BCUT2D eigenvalue weighted by molar-refractivity contribution is 0.0277. The predicted octanol–water partition coefficient (Wildman–Crippen LogP) is 3.79. The predicted molar refractivity (Wildman–Crippen MR) is 114 cm³/mol. The molecule has 3 aromatic heterocycles. The van der Waals surface area contributed by atoms with Crippen LogP contribution in [0.15, 0.2) is 55.1 Å². The molecule has 0 N–H and O–H groups in total. The van der Waals surface area contributed by atoms with E-state index in [2.05, 4.69) is 15.0 Å². The molecule has 8 nitrogen and oxygen atoms in total. The Hall–Kier alpha value is -3.81. The van der Waals surface area contributed by atoms with Crippen LogP contribution in [-0.4, -0.2) is 39.8 Å². The van der Waals surface area contributed by atoms with Crippen molar-refractivity contribution in [2.45, 2.75) is 25.7 Å². The molecule has 1 aliphatic rings. The molecule has 0 saturated carbocycles. The topological polar surface area (TPSA) is 80.5 Å². The Morgan fingerprint density at radius 2 is 1.94 bits per heavy atom. The summed E-state index contributed by atoms with van der Waals surface area (Å²) < 4.78 is 25.3. The SMILES string of the molecule is COc1ccc(C2Oc3c(OC)cc(Cn4cnc5cccnc54)cc3OC2C)cn1. The van der Waals surface area contributed by atoms with Crippen LogP contribution in [0.2, 0.25) is 0 Å². The molecule has 8 heteroatoms. The van der Waals surface area contributed by atoms with Gasteiger partial charge in [-0.25, -0.2) is 15.0 Å². The van der Waals surface area contributed by atoms with Gasteiger partial charge in [-0.3, -0.25) is 0 Å². The average molecular weight is 418 g/mol. The Kier molecular flexibility index (Phi) is 4.82. The molecule has 0 aliphatic carbocycles. The number of pyridine rings is 2. The van der Waals surface area contributed by atoms with Gasteiger partial charge in [-0.2, -0.15) is 0 Å². The van der Waals surface area contributed by atoms with Crippen molar-refractivity contribution in [2.24, 2.45) is 0 Å². The van der Waals surface area contributed by atoms with Crippen molar-refractivity contribution in [2.75, 3.05) is 14.2 Å². The molecule has 0 fully saturated rings. The highest BCUT2D eigenvalue weighted by Crippen LogP contribution is 2.46. The Balaban J connectivity index is 1.46. The van der Waals surface area contributed by atoms with Crippen molar-refractivity contribution in [3.05, 3.63) is 66.2 Å². The highest BCUT2D eigenvalue weighted by Gasteiger charge is 2.32. The van der Waals surface area contributed by atoms with E-state index in [4.69, 9.17) is 18.9 Å². The third-order valence-electron chi connectivity index (χ3n) is 5.31. The van der Waals surface area contributed by atoms with Crippen molar-refractivity contribution >= 4 is 11.2 Å². The number of nitrogens with zero attached hydrogens (tertiary/aromatic N) is 4. The van der Waals surface area contributed by atoms with Crippen LogP contribution in [0, 0.1) is 0 Å². The number of ether oxygens (including phenoxy) is 4. The summed E-state index contributed by atoms with van der Waals surface area (Å²) in [4.78, 5) is 13.1. The summed E-state index contributed by atoms with van der Waals surface area (Å²) in [6.07, 6.45) is 4.77. The van der Waals surface area contributed by atoms with Crippen molar-refractivity contribution in [3.8, 4) is 23.1 Å². The molecule has 0 saturated heterocycles. The number of hydrogen-bond acceptors (Lipinski definition) is 7. The van der Waals surface area contributed by atoms with Crippen LogP contribution in [0.4, 0.5) is 0 Å². The van der Waals surface area contributed by atoms with Crippen LogP contribution in [0.25, 0.3) is 11.2 Å². The second-order valence-corrected chi connectivity index (χ2v) is 7.34. The van der Waals surface area contributed by atoms with Crippen molar-refractivity contribution < 1.29 is 18.9 Å². The van der Waals surface area contributed by atoms with E-state index in [1.54, 1.807) is 32.9 Å². The van der Waals surface area contributed by atoms with Gasteiger partial charge in [0.05, 0.1) is 27.1 Å². The number of aromatic nitrogens is 4. The van der Waals surface area contributed by atoms with Gasteiger partial charge in [-0.1, -0.05) is 0 Å². The van der Waals surface area contributed by atoms with Gasteiger partial charge in [0.2, 0.25) is 11.6 Å². The Bertz CT molecular complexity index is 1220. The maximum Gasteiger partial charge on any atom is 0.212 e. The molecule has 31 heavy (non-hydrogen) atoms. The highest BCUT2D eigenvalue weighted by molar-refractivity contribution is 5.70. The molecule has 2 atom stereocenters. The summed E-state index contributed by atoms with van der Waals surface area (Å²) in [5.74, 6) is 2.40. The molecule has 4 aromatic rings. The fourth-order valence-electron chi connectivity index (χ4n) is 3.79. The molecule has 1 aliphatic heterocycles. The van der Waals surface area contributed by atoms with E-state index in [1.165, 1.54) is 0 Å². The molecule has 2 unspecified atom stereocenters. The lowest BCUT2D eigenvalue weighted by Crippen LogP contribution is -2.31. The summed E-state index contributed by atoms with van der Waals surface area (Å²) in [5.41, 5.74) is 3.59. The second kappa shape index (κ2) is 7.79. The summed E-state index contributed by atoms with van der Waals surface area (Å²) in [6, 6.07) is 11.5. The van der Waals surface area contributed by atoms with E-state index < -0.39 is 0 Å². The third kappa shape index (κ3) is 3.50. The molecule has 0 bridgehead atoms. The second-order valence-electron chi connectivity index (χ2n) is 7.34. The molecule has 1 aromatic carbocycles. The Morgan fingerprint density at radius 1 is 1.03 bits per heavy atom. The largest absolute Gasteiger partial charge is 0.493 e. The van der Waals surface area contributed by atoms with Crippen LogP contribution in [0.5, 0.6) is 23.1 Å². The maximum atomic E-state index is 6.32. The van der Waals surface area contributed by atoms with E-state index in [0.717, 1.165) is 22.3 Å². The summed E-state index contributed by atoms with van der Waals surface area (Å²) >= 11 is 0. The minimum absolute atomic E-state index is 0.210. The van der Waals surface area contributed by atoms with Crippen LogP contribution in [0.3, 0.4) is 0 Å². The van der Waals surface area contributed by atoms with E-state index in [-0.39, 0.29) is 12.2 Å². The quantitative estimate of drug-likeness (QED) is 0.488. The van der Waals surface area contributed by atoms with Crippen molar-refractivity contribution in [1.29, 1.82) is 0 Å². The Morgan fingerprint density at radius 3 is 2.71 bits per heavy atom. The van der Waals surface area contributed by atoms with Crippen LogP contribution in [-0.2, 0) is 6.54 Å². The summed E-state index contributed by atoms with van der Waals surface area (Å²) in [5, 5.41) is 0. The minimum Gasteiger partial charge on any atom is -0.493 e. The molecular weight excluding hydrogens is 396 g/mol. The van der Waals surface area contributed by atoms with Crippen LogP contribution >= 0.6 is 0 Å². The maximum absolute atomic E-state index is 6.32. The van der Waals surface area contributed by atoms with E-state index in [9.17, 15) is 0 Å². The zero-order chi connectivity index (χ0) is 21.4. The standard InChI is InChI=1S/C23H22N4O4/c1-14-21(16-6-7-20(29-3)25-11-16)31-22-18(28-2)9-15(10-19(22)30-14)12-27-13-26-17-5-4-8-24-23(17)27/h4-11,13-14,21H,12H2,1-3H3. The fourth-order valence-corrected chi connectivity index (χ4v) is 3.79. The number of fused-ring (bicyclic) bond motifs is 2. The molecule has 5 rings (SSSR count). The normalized spacial score (nSPS) is 17.5. The molecule has 0 spiro atoms. The summed E-state index contributed by atoms with van der Waals surface area (Å²) in [6.45, 7) is 2.56. The number of imidazole rings is 1. The first-order chi connectivity index (χ1) is 15.2. The Labute approximate surface area is 179 Å². The van der Waals surface area contributed by atoms with Crippen molar-refractivity contribution in [3.63, 3.8) is 0 Å². The number of benzene rings is 1. The summed E-state index contributed by atoms with van der Waals surface area (Å²) in [7, 11) is 3.21. The van der Waals surface area contributed by atoms with E-state index >= 15 is 0 Å². The lowest BCUT2D eigenvalue weighted by atomic mass is 10.0. The van der Waals surface area contributed by atoms with E-state index in [0.29, 0.717) is 29.7 Å².